The van der Waals surface area contributed by atoms with Crippen LogP contribution in [0.3, 0.4) is 0 Å². The van der Waals surface area contributed by atoms with E-state index in [1.54, 1.807) is 50.4 Å². The number of aromatic nitrogens is 1. The normalized spacial score (nSPS) is 15.1. The van der Waals surface area contributed by atoms with Crippen molar-refractivity contribution in [2.24, 2.45) is 0 Å². The van der Waals surface area contributed by atoms with Crippen molar-refractivity contribution in [3.63, 3.8) is 0 Å². The van der Waals surface area contributed by atoms with Crippen LogP contribution in [-0.2, 0) is 16.6 Å². The number of piperazine rings is 1. The minimum atomic E-state index is -3.99. The highest BCUT2D eigenvalue weighted by atomic mass is 32.2. The topological polar surface area (TPSA) is 92.7 Å². The van der Waals surface area contributed by atoms with Crippen molar-refractivity contribution < 1.29 is 17.9 Å². The van der Waals surface area contributed by atoms with E-state index < -0.39 is 15.9 Å². The van der Waals surface area contributed by atoms with Gasteiger partial charge in [0.05, 0.1) is 17.5 Å². The fourth-order valence-corrected chi connectivity index (χ4v) is 5.63. The molecule has 2 heterocycles. The number of methoxy groups -OCH3 is 1. The molecule has 1 amide bonds. The number of carbonyl (C=O) groups excluding carboxylic acids is 1. The van der Waals surface area contributed by atoms with Gasteiger partial charge in [-0.2, -0.15) is 0 Å². The van der Waals surface area contributed by atoms with E-state index in [1.165, 1.54) is 12.1 Å². The van der Waals surface area contributed by atoms with E-state index in [0.29, 0.717) is 29.7 Å². The molecule has 1 aromatic heterocycles. The van der Waals surface area contributed by atoms with Gasteiger partial charge in [0.25, 0.3) is 15.9 Å². The van der Waals surface area contributed by atoms with Crippen molar-refractivity contribution in [1.82, 2.24) is 19.5 Å². The molecular formula is C23H28N4O4S. The van der Waals surface area contributed by atoms with Gasteiger partial charge in [-0.1, -0.05) is 18.2 Å². The SMILES string of the molecule is CCNC(=O)c1cc2c(CN3CCNCC3)c(OC)ccc2n1S(=O)(=O)c1ccccc1. The molecule has 3 aromatic rings. The van der Waals surface area contributed by atoms with E-state index in [-0.39, 0.29) is 10.6 Å². The quantitative estimate of drug-likeness (QED) is 0.565. The van der Waals surface area contributed by atoms with Gasteiger partial charge in [-0.25, -0.2) is 12.4 Å². The summed E-state index contributed by atoms with van der Waals surface area (Å²) in [5, 5.41) is 6.78. The van der Waals surface area contributed by atoms with Crippen LogP contribution in [0.15, 0.2) is 53.4 Å². The number of benzene rings is 2. The van der Waals surface area contributed by atoms with Crippen LogP contribution >= 0.6 is 0 Å². The predicted octanol–water partition coefficient (Wildman–Crippen LogP) is 2.04. The summed E-state index contributed by atoms with van der Waals surface area (Å²) in [7, 11) is -2.39. The molecule has 9 heteroatoms. The van der Waals surface area contributed by atoms with E-state index in [1.807, 2.05) is 0 Å². The summed E-state index contributed by atoms with van der Waals surface area (Å²) in [4.78, 5) is 15.3. The maximum atomic E-state index is 13.6. The number of nitrogens with zero attached hydrogens (tertiary/aromatic N) is 2. The van der Waals surface area contributed by atoms with Gasteiger partial charge >= 0.3 is 0 Å². The van der Waals surface area contributed by atoms with Crippen LogP contribution in [0, 0.1) is 0 Å². The molecule has 0 radical (unpaired) electrons. The monoisotopic (exact) mass is 456 g/mol. The molecule has 32 heavy (non-hydrogen) atoms. The van der Waals surface area contributed by atoms with Gasteiger partial charge in [0.2, 0.25) is 0 Å². The maximum absolute atomic E-state index is 13.6. The predicted molar refractivity (Wildman–Crippen MR) is 124 cm³/mol. The largest absolute Gasteiger partial charge is 0.496 e. The molecule has 4 rings (SSSR count). The van der Waals surface area contributed by atoms with Gasteiger partial charge in [-0.3, -0.25) is 9.69 Å². The molecule has 8 nitrogen and oxygen atoms in total. The van der Waals surface area contributed by atoms with Crippen molar-refractivity contribution in [3.05, 3.63) is 59.8 Å². The zero-order valence-corrected chi connectivity index (χ0v) is 19.1. The second kappa shape index (κ2) is 9.32. The third-order valence-electron chi connectivity index (χ3n) is 5.67. The van der Waals surface area contributed by atoms with Crippen molar-refractivity contribution in [2.45, 2.75) is 18.4 Å². The van der Waals surface area contributed by atoms with Crippen LogP contribution < -0.4 is 15.4 Å². The minimum absolute atomic E-state index is 0.0838. The Balaban J connectivity index is 1.95. The summed E-state index contributed by atoms with van der Waals surface area (Å²) in [5.74, 6) is 0.239. The highest BCUT2D eigenvalue weighted by molar-refractivity contribution is 7.90. The third kappa shape index (κ3) is 4.11. The third-order valence-corrected chi connectivity index (χ3v) is 7.41. The van der Waals surface area contributed by atoms with Crippen LogP contribution in [0.4, 0.5) is 0 Å². The van der Waals surface area contributed by atoms with Gasteiger partial charge in [0, 0.05) is 50.2 Å². The molecule has 2 N–H and O–H groups in total. The first kappa shape index (κ1) is 22.3. The van der Waals surface area contributed by atoms with E-state index >= 15 is 0 Å². The van der Waals surface area contributed by atoms with Crippen LogP contribution in [0.5, 0.6) is 5.75 Å². The highest BCUT2D eigenvalue weighted by Crippen LogP contribution is 2.34. The molecule has 1 aliphatic rings. The van der Waals surface area contributed by atoms with Gasteiger partial charge < -0.3 is 15.4 Å². The summed E-state index contributed by atoms with van der Waals surface area (Å²) in [6.07, 6.45) is 0. The number of amides is 1. The molecule has 0 unspecified atom stereocenters. The van der Waals surface area contributed by atoms with Crippen LogP contribution in [-0.4, -0.2) is 63.0 Å². The first-order chi connectivity index (χ1) is 15.5. The Kier molecular flexibility index (Phi) is 6.50. The van der Waals surface area contributed by atoms with Crippen LogP contribution in [0.1, 0.15) is 23.0 Å². The summed E-state index contributed by atoms with van der Waals surface area (Å²) in [6, 6.07) is 13.3. The van der Waals surface area contributed by atoms with Crippen LogP contribution in [0.25, 0.3) is 10.9 Å². The second-order valence-electron chi connectivity index (χ2n) is 7.68. The second-order valence-corrected chi connectivity index (χ2v) is 9.46. The highest BCUT2D eigenvalue weighted by Gasteiger charge is 2.28. The Labute approximate surface area is 188 Å². The smallest absolute Gasteiger partial charge is 0.269 e. The number of nitrogens with one attached hydrogen (secondary N) is 2. The molecule has 0 bridgehead atoms. The summed E-state index contributed by atoms with van der Waals surface area (Å²) >= 11 is 0. The van der Waals surface area contributed by atoms with E-state index in [2.05, 4.69) is 15.5 Å². The lowest BCUT2D eigenvalue weighted by atomic mass is 10.1. The number of rotatable bonds is 7. The lowest BCUT2D eigenvalue weighted by Gasteiger charge is -2.28. The lowest BCUT2D eigenvalue weighted by Crippen LogP contribution is -2.42. The summed E-state index contributed by atoms with van der Waals surface area (Å²) in [6.45, 7) is 6.35. The fraction of sp³-hybridized carbons (Fsp3) is 0.348. The molecule has 1 fully saturated rings. The van der Waals surface area contributed by atoms with Crippen LogP contribution in [0.2, 0.25) is 0 Å². The Hall–Kier alpha value is -2.88. The van der Waals surface area contributed by atoms with E-state index in [0.717, 1.165) is 35.7 Å². The zero-order chi connectivity index (χ0) is 22.7. The number of fused-ring (bicyclic) bond motifs is 1. The Morgan fingerprint density at radius 3 is 2.50 bits per heavy atom. The van der Waals surface area contributed by atoms with Gasteiger partial charge in [0.15, 0.2) is 0 Å². The molecule has 0 atom stereocenters. The van der Waals surface area contributed by atoms with E-state index in [4.69, 9.17) is 4.74 Å². The molecule has 0 saturated carbocycles. The molecule has 0 aliphatic carbocycles. The first-order valence-corrected chi connectivity index (χ1v) is 12.1. The number of ether oxygens (including phenoxy) is 1. The first-order valence-electron chi connectivity index (χ1n) is 10.7. The average molecular weight is 457 g/mol. The number of hydrogen-bond acceptors (Lipinski definition) is 6. The minimum Gasteiger partial charge on any atom is -0.496 e. The molecular weight excluding hydrogens is 428 g/mol. The Bertz CT molecular complexity index is 1220. The maximum Gasteiger partial charge on any atom is 0.269 e. The van der Waals surface area contributed by atoms with Crippen molar-refractivity contribution in [1.29, 1.82) is 0 Å². The summed E-state index contributed by atoms with van der Waals surface area (Å²) < 4.78 is 34.0. The zero-order valence-electron chi connectivity index (χ0n) is 18.3. The van der Waals surface area contributed by atoms with Crippen molar-refractivity contribution in [3.8, 4) is 5.75 Å². The van der Waals surface area contributed by atoms with Gasteiger partial charge in [-0.15, -0.1) is 0 Å². The molecule has 1 aliphatic heterocycles. The Morgan fingerprint density at radius 1 is 1.12 bits per heavy atom. The van der Waals surface area contributed by atoms with Gasteiger partial charge in [0.1, 0.15) is 11.4 Å². The van der Waals surface area contributed by atoms with E-state index in [9.17, 15) is 13.2 Å². The summed E-state index contributed by atoms with van der Waals surface area (Å²) in [5.41, 5.74) is 1.42. The standard InChI is InChI=1S/C23H28N4O4S/c1-3-25-23(28)21-15-18-19(16-26-13-11-24-12-14-26)22(31-2)10-9-20(18)27(21)32(29,30)17-7-5-4-6-8-17/h4-10,15,24H,3,11-14,16H2,1-2H3,(H,25,28). The molecule has 1 saturated heterocycles. The molecule has 170 valence electrons. The Morgan fingerprint density at radius 2 is 1.84 bits per heavy atom. The fourth-order valence-electron chi connectivity index (χ4n) is 4.11. The van der Waals surface area contributed by atoms with Crippen molar-refractivity contribution >= 4 is 26.8 Å². The van der Waals surface area contributed by atoms with Gasteiger partial charge in [-0.05, 0) is 37.3 Å². The average Bonchev–Trinajstić information content (AvgIpc) is 3.22. The lowest BCUT2D eigenvalue weighted by molar-refractivity contribution is 0.0950. The van der Waals surface area contributed by atoms with Crippen molar-refractivity contribution in [2.75, 3.05) is 39.8 Å². The number of carbonyl (C=O) groups is 1. The molecule has 2 aromatic carbocycles. The number of hydrogen-bond donors (Lipinski definition) is 2. The molecule has 0 spiro atoms.